The summed E-state index contributed by atoms with van der Waals surface area (Å²) in [5.41, 5.74) is 3.12. The van der Waals surface area contributed by atoms with Gasteiger partial charge in [0.1, 0.15) is 23.8 Å². The second-order valence-corrected chi connectivity index (χ2v) is 8.70. The molecular weight excluding hydrogens is 462 g/mol. The Balaban J connectivity index is 1.33. The van der Waals surface area contributed by atoms with Gasteiger partial charge < -0.3 is 14.5 Å². The quantitative estimate of drug-likeness (QED) is 0.377. The van der Waals surface area contributed by atoms with Crippen LogP contribution in [0.4, 0.5) is 14.5 Å². The van der Waals surface area contributed by atoms with Crippen LogP contribution in [0.5, 0.6) is 5.88 Å². The van der Waals surface area contributed by atoms with Gasteiger partial charge in [-0.3, -0.25) is 9.48 Å². The molecule has 1 amide bonds. The standard InChI is InChI=1S/C28H26F2N4O2/c29-23-10-6-21(7-11-23)18-34-19-26(27(31-34)36-20-22-8-12-24(30)13-9-22)28(35)33-16-14-32(15-17-33)25-4-2-1-3-5-25/h1-13,19H,14-18,20H2. The van der Waals surface area contributed by atoms with Crippen LogP contribution in [-0.2, 0) is 13.2 Å². The maximum absolute atomic E-state index is 13.5. The van der Waals surface area contributed by atoms with E-state index in [1.165, 1.54) is 24.3 Å². The molecule has 184 valence electrons. The lowest BCUT2D eigenvalue weighted by Crippen LogP contribution is -2.48. The molecule has 1 aliphatic heterocycles. The van der Waals surface area contributed by atoms with Crippen LogP contribution in [0.1, 0.15) is 21.5 Å². The highest BCUT2D eigenvalue weighted by Gasteiger charge is 2.27. The van der Waals surface area contributed by atoms with Crippen LogP contribution in [0, 0.1) is 11.6 Å². The largest absolute Gasteiger partial charge is 0.471 e. The second kappa shape index (κ2) is 10.6. The predicted octanol–water partition coefficient (Wildman–Crippen LogP) is 4.75. The van der Waals surface area contributed by atoms with Crippen LogP contribution in [-0.4, -0.2) is 46.8 Å². The molecule has 6 nitrogen and oxygen atoms in total. The molecule has 2 heterocycles. The van der Waals surface area contributed by atoms with Crippen molar-refractivity contribution in [2.45, 2.75) is 13.2 Å². The van der Waals surface area contributed by atoms with Gasteiger partial charge in [-0.15, -0.1) is 5.10 Å². The molecule has 0 bridgehead atoms. The highest BCUT2D eigenvalue weighted by atomic mass is 19.1. The summed E-state index contributed by atoms with van der Waals surface area (Å²) in [4.78, 5) is 17.6. The third kappa shape index (κ3) is 5.54. The molecule has 1 saturated heterocycles. The number of halogens is 2. The zero-order chi connectivity index (χ0) is 24.9. The lowest BCUT2D eigenvalue weighted by atomic mass is 10.2. The van der Waals surface area contributed by atoms with Crippen LogP contribution in [0.2, 0.25) is 0 Å². The third-order valence-electron chi connectivity index (χ3n) is 6.19. The Morgan fingerprint density at radius 1 is 0.806 bits per heavy atom. The molecule has 1 fully saturated rings. The molecule has 0 saturated carbocycles. The molecular formula is C28H26F2N4O2. The fraction of sp³-hybridized carbons (Fsp3) is 0.214. The van der Waals surface area contributed by atoms with E-state index in [4.69, 9.17) is 4.74 Å². The van der Waals surface area contributed by atoms with E-state index in [9.17, 15) is 13.6 Å². The number of hydrogen-bond acceptors (Lipinski definition) is 4. The fourth-order valence-electron chi connectivity index (χ4n) is 4.22. The van der Waals surface area contributed by atoms with Crippen LogP contribution < -0.4 is 9.64 Å². The van der Waals surface area contributed by atoms with Gasteiger partial charge in [-0.25, -0.2) is 8.78 Å². The van der Waals surface area contributed by atoms with Gasteiger partial charge in [-0.05, 0) is 47.5 Å². The number of benzene rings is 3. The molecule has 0 radical (unpaired) electrons. The molecule has 8 heteroatoms. The summed E-state index contributed by atoms with van der Waals surface area (Å²) < 4.78 is 34.1. The molecule has 1 aromatic heterocycles. The summed E-state index contributed by atoms with van der Waals surface area (Å²) >= 11 is 0. The topological polar surface area (TPSA) is 50.6 Å². The molecule has 4 aromatic rings. The minimum atomic E-state index is -0.326. The highest BCUT2D eigenvalue weighted by molar-refractivity contribution is 5.96. The predicted molar refractivity (Wildman–Crippen MR) is 133 cm³/mol. The van der Waals surface area contributed by atoms with Crippen molar-refractivity contribution < 1.29 is 18.3 Å². The van der Waals surface area contributed by atoms with E-state index in [1.807, 2.05) is 23.1 Å². The number of para-hydroxylation sites is 1. The van der Waals surface area contributed by atoms with Crippen molar-refractivity contribution in [2.24, 2.45) is 0 Å². The molecule has 0 N–H and O–H groups in total. The summed E-state index contributed by atoms with van der Waals surface area (Å²) in [5.74, 6) is -0.569. The van der Waals surface area contributed by atoms with Crippen molar-refractivity contribution in [3.8, 4) is 5.88 Å². The van der Waals surface area contributed by atoms with Gasteiger partial charge in [0.15, 0.2) is 0 Å². The highest BCUT2D eigenvalue weighted by Crippen LogP contribution is 2.23. The monoisotopic (exact) mass is 488 g/mol. The van der Waals surface area contributed by atoms with Crippen molar-refractivity contribution in [3.63, 3.8) is 0 Å². The van der Waals surface area contributed by atoms with E-state index in [1.54, 1.807) is 35.1 Å². The molecule has 3 aromatic carbocycles. The number of nitrogens with zero attached hydrogens (tertiary/aromatic N) is 4. The molecule has 0 spiro atoms. The van der Waals surface area contributed by atoms with Crippen LogP contribution in [0.15, 0.2) is 85.1 Å². The third-order valence-corrected chi connectivity index (χ3v) is 6.19. The Morgan fingerprint density at radius 3 is 2.06 bits per heavy atom. The molecule has 0 aliphatic carbocycles. The number of carbonyl (C=O) groups excluding carboxylic acids is 1. The molecule has 5 rings (SSSR count). The van der Waals surface area contributed by atoms with Gasteiger partial charge in [-0.2, -0.15) is 0 Å². The fourth-order valence-corrected chi connectivity index (χ4v) is 4.22. The normalized spacial score (nSPS) is 13.6. The van der Waals surface area contributed by atoms with Crippen LogP contribution in [0.25, 0.3) is 0 Å². The Labute approximate surface area is 208 Å². The van der Waals surface area contributed by atoms with E-state index in [0.717, 1.165) is 29.9 Å². The first-order valence-corrected chi connectivity index (χ1v) is 11.8. The first-order valence-electron chi connectivity index (χ1n) is 11.8. The van der Waals surface area contributed by atoms with Gasteiger partial charge in [-0.1, -0.05) is 42.5 Å². The van der Waals surface area contributed by atoms with Crippen molar-refractivity contribution in [3.05, 3.63) is 113 Å². The van der Waals surface area contributed by atoms with Gasteiger partial charge in [0.25, 0.3) is 5.91 Å². The van der Waals surface area contributed by atoms with E-state index in [2.05, 4.69) is 22.1 Å². The Morgan fingerprint density at radius 2 is 1.42 bits per heavy atom. The number of carbonyl (C=O) groups is 1. The zero-order valence-corrected chi connectivity index (χ0v) is 19.7. The van der Waals surface area contributed by atoms with E-state index in [0.29, 0.717) is 25.2 Å². The first kappa shape index (κ1) is 23.5. The number of piperazine rings is 1. The smallest absolute Gasteiger partial charge is 0.261 e. The number of anilines is 1. The number of aromatic nitrogens is 2. The maximum atomic E-state index is 13.5. The van der Waals surface area contributed by atoms with E-state index in [-0.39, 0.29) is 30.0 Å². The van der Waals surface area contributed by atoms with Crippen molar-refractivity contribution >= 4 is 11.6 Å². The van der Waals surface area contributed by atoms with E-state index >= 15 is 0 Å². The number of rotatable bonds is 7. The lowest BCUT2D eigenvalue weighted by Gasteiger charge is -2.36. The number of hydrogen-bond donors (Lipinski definition) is 0. The molecule has 1 aliphatic rings. The number of ether oxygens (including phenoxy) is 1. The van der Waals surface area contributed by atoms with Crippen molar-refractivity contribution in [1.82, 2.24) is 14.7 Å². The SMILES string of the molecule is O=C(c1cn(Cc2ccc(F)cc2)nc1OCc1ccc(F)cc1)N1CCN(c2ccccc2)CC1. The molecule has 0 unspecified atom stereocenters. The molecule has 36 heavy (non-hydrogen) atoms. The summed E-state index contributed by atoms with van der Waals surface area (Å²) in [7, 11) is 0. The minimum absolute atomic E-state index is 0.149. The van der Waals surface area contributed by atoms with Crippen LogP contribution >= 0.6 is 0 Å². The second-order valence-electron chi connectivity index (χ2n) is 8.70. The first-order chi connectivity index (χ1) is 17.5. The van der Waals surface area contributed by atoms with E-state index < -0.39 is 0 Å². The summed E-state index contributed by atoms with van der Waals surface area (Å²) in [6, 6.07) is 22.3. The summed E-state index contributed by atoms with van der Waals surface area (Å²) in [5, 5.41) is 4.51. The Bertz CT molecular complexity index is 1300. The van der Waals surface area contributed by atoms with Gasteiger partial charge >= 0.3 is 0 Å². The lowest BCUT2D eigenvalue weighted by molar-refractivity contribution is 0.0741. The maximum Gasteiger partial charge on any atom is 0.261 e. The van der Waals surface area contributed by atoms with Gasteiger partial charge in [0.05, 0.1) is 6.54 Å². The molecule has 0 atom stereocenters. The summed E-state index contributed by atoms with van der Waals surface area (Å²) in [6.45, 7) is 3.12. The van der Waals surface area contributed by atoms with Crippen LogP contribution in [0.3, 0.4) is 0 Å². The zero-order valence-electron chi connectivity index (χ0n) is 19.7. The van der Waals surface area contributed by atoms with Crippen molar-refractivity contribution in [1.29, 1.82) is 0 Å². The Hall–Kier alpha value is -4.20. The summed E-state index contributed by atoms with van der Waals surface area (Å²) in [6.07, 6.45) is 1.68. The Kier molecular flexibility index (Phi) is 6.93. The van der Waals surface area contributed by atoms with Gasteiger partial charge in [0.2, 0.25) is 5.88 Å². The average Bonchev–Trinajstić information content (AvgIpc) is 3.32. The number of amides is 1. The minimum Gasteiger partial charge on any atom is -0.471 e. The van der Waals surface area contributed by atoms with Crippen molar-refractivity contribution in [2.75, 3.05) is 31.1 Å². The van der Waals surface area contributed by atoms with Gasteiger partial charge in [0, 0.05) is 38.1 Å². The average molecular weight is 489 g/mol.